The SMILES string of the molecule is O=C(NC1CCCC1)[C@H](Cc1ccccc1)N(Cc1c(Cl)cccc1Cl)C(=O)CSCc1ccc([N+](=O)[O-])cc1. The number of halogens is 2. The topological polar surface area (TPSA) is 92.6 Å². The molecule has 1 aliphatic rings. The number of non-ortho nitro benzene ring substituents is 1. The molecule has 0 radical (unpaired) electrons. The molecule has 0 unspecified atom stereocenters. The highest BCUT2D eigenvalue weighted by atomic mass is 35.5. The summed E-state index contributed by atoms with van der Waals surface area (Å²) in [6.07, 6.45) is 4.36. The highest BCUT2D eigenvalue weighted by Crippen LogP contribution is 2.28. The minimum absolute atomic E-state index is 0.0182. The average Bonchev–Trinajstić information content (AvgIpc) is 3.46. The lowest BCUT2D eigenvalue weighted by molar-refractivity contribution is -0.384. The molecule has 40 heavy (non-hydrogen) atoms. The Morgan fingerprint density at radius 1 is 0.950 bits per heavy atom. The molecule has 0 aromatic heterocycles. The third kappa shape index (κ3) is 8.22. The smallest absolute Gasteiger partial charge is 0.269 e. The number of carbonyl (C=O) groups excluding carboxylic acids is 2. The van der Waals surface area contributed by atoms with Gasteiger partial charge < -0.3 is 10.2 Å². The van der Waals surface area contributed by atoms with Crippen LogP contribution in [0.15, 0.2) is 72.8 Å². The van der Waals surface area contributed by atoms with Gasteiger partial charge >= 0.3 is 0 Å². The molecule has 210 valence electrons. The van der Waals surface area contributed by atoms with E-state index in [1.54, 1.807) is 35.2 Å². The largest absolute Gasteiger partial charge is 0.352 e. The zero-order valence-electron chi connectivity index (χ0n) is 21.9. The summed E-state index contributed by atoms with van der Waals surface area (Å²) >= 11 is 14.4. The van der Waals surface area contributed by atoms with Gasteiger partial charge in [-0.3, -0.25) is 19.7 Å². The number of carbonyl (C=O) groups is 2. The molecular formula is C30H31Cl2N3O4S. The third-order valence-electron chi connectivity index (χ3n) is 7.00. The molecule has 3 aromatic carbocycles. The van der Waals surface area contributed by atoms with Crippen molar-refractivity contribution in [3.63, 3.8) is 0 Å². The van der Waals surface area contributed by atoms with Crippen LogP contribution in [0.25, 0.3) is 0 Å². The number of rotatable bonds is 12. The molecule has 1 N–H and O–H groups in total. The summed E-state index contributed by atoms with van der Waals surface area (Å²) in [6.45, 7) is 0.0883. The maximum absolute atomic E-state index is 13.8. The second kappa shape index (κ2) is 14.5. The lowest BCUT2D eigenvalue weighted by Crippen LogP contribution is -2.52. The minimum atomic E-state index is -0.761. The van der Waals surface area contributed by atoms with E-state index < -0.39 is 11.0 Å². The molecule has 1 fully saturated rings. The van der Waals surface area contributed by atoms with Gasteiger partial charge in [0.15, 0.2) is 0 Å². The van der Waals surface area contributed by atoms with Gasteiger partial charge in [0, 0.05) is 52.5 Å². The summed E-state index contributed by atoms with van der Waals surface area (Å²) in [7, 11) is 0. The van der Waals surface area contributed by atoms with Gasteiger partial charge in [-0.25, -0.2) is 0 Å². The number of nitrogens with zero attached hydrogens (tertiary/aromatic N) is 2. The monoisotopic (exact) mass is 599 g/mol. The molecule has 0 bridgehead atoms. The van der Waals surface area contributed by atoms with Crippen molar-refractivity contribution >= 4 is 52.5 Å². The first-order chi connectivity index (χ1) is 19.3. The first-order valence-corrected chi connectivity index (χ1v) is 15.1. The molecule has 0 saturated heterocycles. The number of benzene rings is 3. The van der Waals surface area contributed by atoms with Gasteiger partial charge in [0.05, 0.1) is 10.7 Å². The second-order valence-corrected chi connectivity index (χ2v) is 11.6. The predicted octanol–water partition coefficient (Wildman–Crippen LogP) is 6.83. The van der Waals surface area contributed by atoms with Crippen molar-refractivity contribution in [1.82, 2.24) is 10.2 Å². The van der Waals surface area contributed by atoms with Crippen LogP contribution in [0.2, 0.25) is 10.0 Å². The maximum Gasteiger partial charge on any atom is 0.269 e. The Morgan fingerprint density at radius 2 is 1.60 bits per heavy atom. The van der Waals surface area contributed by atoms with Crippen LogP contribution < -0.4 is 5.32 Å². The van der Waals surface area contributed by atoms with Crippen molar-refractivity contribution in [2.75, 3.05) is 5.75 Å². The van der Waals surface area contributed by atoms with Crippen LogP contribution in [0.1, 0.15) is 42.4 Å². The van der Waals surface area contributed by atoms with Crippen LogP contribution in [0, 0.1) is 10.1 Å². The summed E-state index contributed by atoms with van der Waals surface area (Å²) in [4.78, 5) is 39.7. The van der Waals surface area contributed by atoms with Crippen LogP contribution in [0.3, 0.4) is 0 Å². The van der Waals surface area contributed by atoms with E-state index in [-0.39, 0.29) is 35.8 Å². The Balaban J connectivity index is 1.58. The third-order valence-corrected chi connectivity index (χ3v) is 8.70. The molecule has 0 heterocycles. The fourth-order valence-electron chi connectivity index (χ4n) is 4.83. The number of hydrogen-bond donors (Lipinski definition) is 1. The molecule has 7 nitrogen and oxygen atoms in total. The van der Waals surface area contributed by atoms with Gasteiger partial charge in [0.25, 0.3) is 5.69 Å². The van der Waals surface area contributed by atoms with E-state index in [0.29, 0.717) is 27.8 Å². The van der Waals surface area contributed by atoms with Crippen molar-refractivity contribution in [3.05, 3.63) is 110 Å². The first-order valence-electron chi connectivity index (χ1n) is 13.2. The number of hydrogen-bond acceptors (Lipinski definition) is 5. The quantitative estimate of drug-likeness (QED) is 0.182. The van der Waals surface area contributed by atoms with E-state index in [1.807, 2.05) is 30.3 Å². The molecule has 4 rings (SSSR count). The van der Waals surface area contributed by atoms with E-state index in [9.17, 15) is 19.7 Å². The highest BCUT2D eigenvalue weighted by molar-refractivity contribution is 7.99. The van der Waals surface area contributed by atoms with Gasteiger partial charge in [-0.05, 0) is 36.1 Å². The molecule has 1 atom stereocenters. The summed E-state index contributed by atoms with van der Waals surface area (Å²) < 4.78 is 0. The van der Waals surface area contributed by atoms with Crippen LogP contribution in [-0.2, 0) is 28.3 Å². The van der Waals surface area contributed by atoms with Gasteiger partial charge in [-0.2, -0.15) is 0 Å². The zero-order valence-corrected chi connectivity index (χ0v) is 24.3. The number of nitro groups is 1. The molecular weight excluding hydrogens is 569 g/mol. The van der Waals surface area contributed by atoms with E-state index in [1.165, 1.54) is 23.9 Å². The lowest BCUT2D eigenvalue weighted by Gasteiger charge is -2.33. The molecule has 1 saturated carbocycles. The number of nitrogens with one attached hydrogen (secondary N) is 1. The maximum atomic E-state index is 13.8. The number of nitro benzene ring substituents is 1. The fourth-order valence-corrected chi connectivity index (χ4v) is 6.22. The van der Waals surface area contributed by atoms with E-state index in [2.05, 4.69) is 5.32 Å². The lowest BCUT2D eigenvalue weighted by atomic mass is 10.0. The van der Waals surface area contributed by atoms with Crippen LogP contribution >= 0.6 is 35.0 Å². The first kappa shape index (κ1) is 29.9. The number of amides is 2. The molecule has 1 aliphatic carbocycles. The standard InChI is InChI=1S/C30H31Cl2N3O4S/c31-26-11-6-12-27(32)25(26)18-34(29(36)20-40-19-22-13-15-24(16-14-22)35(38)39)28(17-21-7-2-1-3-8-21)30(37)33-23-9-4-5-10-23/h1-3,6-8,11-16,23,28H,4-5,9-10,17-20H2,(H,33,37)/t28-/m0/s1. The van der Waals surface area contributed by atoms with Crippen LogP contribution in [0.4, 0.5) is 5.69 Å². The van der Waals surface area contributed by atoms with Gasteiger partial charge in [0.1, 0.15) is 6.04 Å². The molecule has 2 amide bonds. The van der Waals surface area contributed by atoms with E-state index >= 15 is 0 Å². The highest BCUT2D eigenvalue weighted by Gasteiger charge is 2.32. The molecule has 10 heteroatoms. The normalized spacial score (nSPS) is 14.1. The minimum Gasteiger partial charge on any atom is -0.352 e. The predicted molar refractivity (Wildman–Crippen MR) is 161 cm³/mol. The van der Waals surface area contributed by atoms with Gasteiger partial charge in [-0.1, -0.05) is 84.6 Å². The summed E-state index contributed by atoms with van der Waals surface area (Å²) in [5.74, 6) is 0.196. The van der Waals surface area contributed by atoms with Gasteiger partial charge in [0.2, 0.25) is 11.8 Å². The Morgan fingerprint density at radius 3 is 2.23 bits per heavy atom. The summed E-state index contributed by atoms with van der Waals surface area (Å²) in [5.41, 5.74) is 2.41. The average molecular weight is 601 g/mol. The van der Waals surface area contributed by atoms with Crippen LogP contribution in [-0.4, -0.2) is 39.5 Å². The Labute approximate surface area is 248 Å². The Bertz CT molecular complexity index is 1300. The number of thioether (sulfide) groups is 1. The Hall–Kier alpha value is -3.07. The summed E-state index contributed by atoms with van der Waals surface area (Å²) in [5, 5.41) is 15.0. The Kier molecular flexibility index (Phi) is 10.9. The molecule has 0 spiro atoms. The van der Waals surface area contributed by atoms with Crippen molar-refractivity contribution < 1.29 is 14.5 Å². The van der Waals surface area contributed by atoms with E-state index in [0.717, 1.165) is 36.8 Å². The fraction of sp³-hybridized carbons (Fsp3) is 0.333. The second-order valence-electron chi connectivity index (χ2n) is 9.83. The summed E-state index contributed by atoms with van der Waals surface area (Å²) in [6, 6.07) is 20.4. The van der Waals surface area contributed by atoms with Crippen LogP contribution in [0.5, 0.6) is 0 Å². The molecule has 0 aliphatic heterocycles. The molecule has 3 aromatic rings. The van der Waals surface area contributed by atoms with Gasteiger partial charge in [-0.15, -0.1) is 11.8 Å². The van der Waals surface area contributed by atoms with Crippen molar-refractivity contribution in [3.8, 4) is 0 Å². The zero-order chi connectivity index (χ0) is 28.5. The van der Waals surface area contributed by atoms with Crippen molar-refractivity contribution in [1.29, 1.82) is 0 Å². The van der Waals surface area contributed by atoms with Crippen molar-refractivity contribution in [2.45, 2.75) is 56.5 Å². The van der Waals surface area contributed by atoms with Crippen molar-refractivity contribution in [2.24, 2.45) is 0 Å². The van der Waals surface area contributed by atoms with E-state index in [4.69, 9.17) is 23.2 Å².